The van der Waals surface area contributed by atoms with Crippen LogP contribution in [0.1, 0.15) is 0 Å². The lowest BCUT2D eigenvalue weighted by atomic mass is 10.2. The number of para-hydroxylation sites is 1. The third-order valence-corrected chi connectivity index (χ3v) is 3.52. The number of amides is 1. The van der Waals surface area contributed by atoms with Crippen molar-refractivity contribution in [3.05, 3.63) is 30.3 Å². The van der Waals surface area contributed by atoms with Crippen molar-refractivity contribution in [2.75, 3.05) is 31.1 Å². The molecule has 20 heavy (non-hydrogen) atoms. The zero-order valence-electron chi connectivity index (χ0n) is 10.7. The second-order valence-electron chi connectivity index (χ2n) is 4.31. The van der Waals surface area contributed by atoms with E-state index in [0.29, 0.717) is 13.1 Å². The molecule has 1 fully saturated rings. The minimum absolute atomic E-state index is 0.598. The molecule has 8 nitrogen and oxygen atoms in total. The molecule has 110 valence electrons. The zero-order chi connectivity index (χ0) is 14.6. The first-order chi connectivity index (χ1) is 9.47. The predicted molar refractivity (Wildman–Crippen MR) is 73.4 cm³/mol. The van der Waals surface area contributed by atoms with Crippen molar-refractivity contribution in [2.24, 2.45) is 0 Å². The second kappa shape index (κ2) is 6.18. The van der Waals surface area contributed by atoms with E-state index in [2.05, 4.69) is 10.4 Å². The summed E-state index contributed by atoms with van der Waals surface area (Å²) in [5, 5.41) is 0.200. The number of hydrogen-bond acceptors (Lipinski definition) is 6. The summed E-state index contributed by atoms with van der Waals surface area (Å²) < 4.78 is 29.5. The van der Waals surface area contributed by atoms with Gasteiger partial charge in [0.05, 0.1) is 0 Å². The summed E-state index contributed by atoms with van der Waals surface area (Å²) in [4.78, 5) is 13.1. The van der Waals surface area contributed by atoms with Gasteiger partial charge in [-0.15, -0.1) is 0 Å². The van der Waals surface area contributed by atoms with Crippen LogP contribution in [0.2, 0.25) is 0 Å². The van der Waals surface area contributed by atoms with Gasteiger partial charge >= 0.3 is 15.4 Å². The summed E-state index contributed by atoms with van der Waals surface area (Å²) in [5.74, 6) is 0. The molecular formula is C11H16N4O4S. The molecule has 1 amide bonds. The van der Waals surface area contributed by atoms with Crippen LogP contribution >= 0.6 is 0 Å². The molecule has 0 saturated carbocycles. The van der Waals surface area contributed by atoms with Crippen LogP contribution in [0.5, 0.6) is 0 Å². The molecule has 3 N–H and O–H groups in total. The van der Waals surface area contributed by atoms with E-state index >= 15 is 0 Å². The Morgan fingerprint density at radius 3 is 2.25 bits per heavy atom. The van der Waals surface area contributed by atoms with Crippen molar-refractivity contribution in [1.29, 1.82) is 0 Å². The van der Waals surface area contributed by atoms with E-state index < -0.39 is 15.4 Å². The molecule has 0 aromatic heterocycles. The zero-order valence-corrected chi connectivity index (χ0v) is 11.5. The average molecular weight is 300 g/mol. The second-order valence-corrected chi connectivity index (χ2v) is 5.63. The number of piperazine rings is 1. The maximum absolute atomic E-state index is 10.9. The van der Waals surface area contributed by atoms with Crippen LogP contribution in [0.25, 0.3) is 0 Å². The number of hydrazine groups is 2. The number of nitrogens with zero attached hydrogens (tertiary/aromatic N) is 2. The highest BCUT2D eigenvalue weighted by atomic mass is 32.2. The minimum atomic E-state index is -4.71. The molecule has 2 rings (SSSR count). The lowest BCUT2D eigenvalue weighted by Crippen LogP contribution is -2.57. The van der Waals surface area contributed by atoms with Crippen LogP contribution in [0.15, 0.2) is 30.3 Å². The molecule has 0 atom stereocenters. The summed E-state index contributed by atoms with van der Waals surface area (Å²) in [6, 6.07) is 9.91. The minimum Gasteiger partial charge on any atom is -0.369 e. The molecule has 0 aliphatic carbocycles. The highest BCUT2D eigenvalue weighted by Gasteiger charge is 2.21. The van der Waals surface area contributed by atoms with Crippen LogP contribution in [0.4, 0.5) is 10.5 Å². The number of carbonyl (C=O) groups excluding carboxylic acids is 1. The first-order valence-corrected chi connectivity index (χ1v) is 7.49. The Hall–Kier alpha value is -1.68. The lowest BCUT2D eigenvalue weighted by molar-refractivity contribution is 0.150. The quantitative estimate of drug-likeness (QED) is 0.526. The number of carbonyl (C=O) groups is 1. The van der Waals surface area contributed by atoms with Crippen LogP contribution < -0.4 is 15.9 Å². The first-order valence-electron chi connectivity index (χ1n) is 6.05. The number of anilines is 1. The highest BCUT2D eigenvalue weighted by molar-refractivity contribution is 8.01. The Kier molecular flexibility index (Phi) is 4.55. The SMILES string of the molecule is O=C(NNN1CCN(c2ccccc2)CC1)S(=O)(=O)O. The Balaban J connectivity index is 1.79. The fraction of sp³-hybridized carbons (Fsp3) is 0.364. The molecular weight excluding hydrogens is 284 g/mol. The Bertz CT molecular complexity index is 555. The van der Waals surface area contributed by atoms with Crippen molar-refractivity contribution in [2.45, 2.75) is 0 Å². The van der Waals surface area contributed by atoms with Crippen molar-refractivity contribution in [3.63, 3.8) is 0 Å². The molecule has 0 unspecified atom stereocenters. The molecule has 1 aliphatic heterocycles. The maximum atomic E-state index is 10.9. The third kappa shape index (κ3) is 3.90. The van der Waals surface area contributed by atoms with E-state index in [-0.39, 0.29) is 0 Å². The molecule has 0 spiro atoms. The monoisotopic (exact) mass is 300 g/mol. The van der Waals surface area contributed by atoms with Crippen molar-refractivity contribution >= 4 is 21.0 Å². The van der Waals surface area contributed by atoms with Gasteiger partial charge in [0, 0.05) is 31.9 Å². The van der Waals surface area contributed by atoms with Crippen LogP contribution in [0, 0.1) is 0 Å². The summed E-state index contributed by atoms with van der Waals surface area (Å²) in [6.45, 7) is 2.67. The van der Waals surface area contributed by atoms with E-state index in [1.807, 2.05) is 35.8 Å². The Morgan fingerprint density at radius 2 is 1.70 bits per heavy atom. The van der Waals surface area contributed by atoms with E-state index in [1.165, 1.54) is 0 Å². The summed E-state index contributed by atoms with van der Waals surface area (Å²) in [7, 11) is -4.71. The number of rotatable bonds is 3. The van der Waals surface area contributed by atoms with Crippen LogP contribution in [-0.2, 0) is 10.1 Å². The number of benzene rings is 1. The summed E-state index contributed by atoms with van der Waals surface area (Å²) >= 11 is 0. The maximum Gasteiger partial charge on any atom is 0.378 e. The van der Waals surface area contributed by atoms with Crippen molar-refractivity contribution in [1.82, 2.24) is 16.0 Å². The van der Waals surface area contributed by atoms with Gasteiger partial charge in [-0.05, 0) is 12.1 Å². The van der Waals surface area contributed by atoms with E-state index in [1.54, 1.807) is 5.01 Å². The molecule has 9 heteroatoms. The number of nitrogens with one attached hydrogen (secondary N) is 2. The Morgan fingerprint density at radius 1 is 1.10 bits per heavy atom. The van der Waals surface area contributed by atoms with Gasteiger partial charge in [-0.3, -0.25) is 14.8 Å². The van der Waals surface area contributed by atoms with Crippen LogP contribution in [0.3, 0.4) is 0 Å². The van der Waals surface area contributed by atoms with Gasteiger partial charge in [0.1, 0.15) is 0 Å². The normalized spacial score (nSPS) is 16.9. The van der Waals surface area contributed by atoms with Gasteiger partial charge in [-0.2, -0.15) is 14.0 Å². The van der Waals surface area contributed by atoms with Gasteiger partial charge in [0.2, 0.25) is 0 Å². The van der Waals surface area contributed by atoms with Gasteiger partial charge in [-0.25, -0.2) is 5.01 Å². The van der Waals surface area contributed by atoms with Gasteiger partial charge in [-0.1, -0.05) is 18.2 Å². The van der Waals surface area contributed by atoms with Gasteiger partial charge in [0.25, 0.3) is 0 Å². The molecule has 1 heterocycles. The molecule has 1 saturated heterocycles. The van der Waals surface area contributed by atoms with Crippen molar-refractivity contribution < 1.29 is 17.8 Å². The third-order valence-electron chi connectivity index (χ3n) is 2.95. The molecule has 1 aliphatic rings. The average Bonchev–Trinajstić information content (AvgIpc) is 2.45. The van der Waals surface area contributed by atoms with E-state index in [0.717, 1.165) is 18.8 Å². The summed E-state index contributed by atoms with van der Waals surface area (Å²) in [6.07, 6.45) is 0. The number of hydrogen-bond donors (Lipinski definition) is 3. The lowest BCUT2D eigenvalue weighted by Gasteiger charge is -2.35. The predicted octanol–water partition coefficient (Wildman–Crippen LogP) is -0.174. The van der Waals surface area contributed by atoms with E-state index in [4.69, 9.17) is 4.55 Å². The largest absolute Gasteiger partial charge is 0.378 e. The summed E-state index contributed by atoms with van der Waals surface area (Å²) in [5.41, 5.74) is 5.51. The Labute approximate surface area is 117 Å². The topological polar surface area (TPSA) is 102 Å². The smallest absolute Gasteiger partial charge is 0.369 e. The standard InChI is InChI=1S/C11H16N4O4S/c16-11(20(17,18)19)12-13-15-8-6-14(7-9-15)10-4-2-1-3-5-10/h1-5,13H,6-9H2,(H,12,16)(H,17,18,19). The first kappa shape index (κ1) is 14.7. The van der Waals surface area contributed by atoms with Gasteiger partial charge in [0.15, 0.2) is 0 Å². The fourth-order valence-electron chi connectivity index (χ4n) is 1.90. The highest BCUT2D eigenvalue weighted by Crippen LogP contribution is 2.14. The molecule has 0 radical (unpaired) electrons. The van der Waals surface area contributed by atoms with Crippen molar-refractivity contribution in [3.8, 4) is 0 Å². The fourth-order valence-corrected chi connectivity index (χ4v) is 2.08. The van der Waals surface area contributed by atoms with Crippen LogP contribution in [-0.4, -0.2) is 49.4 Å². The van der Waals surface area contributed by atoms with Gasteiger partial charge < -0.3 is 4.90 Å². The van der Waals surface area contributed by atoms with E-state index in [9.17, 15) is 13.2 Å². The molecule has 0 bridgehead atoms. The molecule has 1 aromatic rings. The molecule has 1 aromatic carbocycles.